The second-order valence-electron chi connectivity index (χ2n) is 10.3. The van der Waals surface area contributed by atoms with Crippen LogP contribution in [0.25, 0.3) is 0 Å². The normalized spacial score (nSPS) is 22.4. The summed E-state index contributed by atoms with van der Waals surface area (Å²) in [6.45, 7) is 4.71. The van der Waals surface area contributed by atoms with E-state index in [1.165, 1.54) is 9.80 Å². The lowest BCUT2D eigenvalue weighted by Gasteiger charge is -2.35. The molecule has 0 unspecified atom stereocenters. The van der Waals surface area contributed by atoms with Gasteiger partial charge in [-0.15, -0.1) is 0 Å². The molecule has 2 aliphatic heterocycles. The van der Waals surface area contributed by atoms with Crippen LogP contribution < -0.4 is 0 Å². The molecule has 0 aromatic heterocycles. The fourth-order valence-electron chi connectivity index (χ4n) is 4.73. The van der Waals surface area contributed by atoms with Gasteiger partial charge in [0.1, 0.15) is 13.2 Å². The van der Waals surface area contributed by atoms with Crippen molar-refractivity contribution in [3.05, 3.63) is 71.8 Å². The van der Waals surface area contributed by atoms with Crippen LogP contribution in [0.4, 0.5) is 9.59 Å². The van der Waals surface area contributed by atoms with Gasteiger partial charge in [-0.2, -0.15) is 0 Å². The van der Waals surface area contributed by atoms with Crippen molar-refractivity contribution in [2.45, 2.75) is 64.8 Å². The molecule has 10 heteroatoms. The first kappa shape index (κ1) is 30.5. The maximum atomic E-state index is 12.1. The third-order valence-electron chi connectivity index (χ3n) is 7.34. The minimum absolute atomic E-state index is 0.0221. The second-order valence-corrected chi connectivity index (χ2v) is 10.3. The van der Waals surface area contributed by atoms with Gasteiger partial charge in [0.25, 0.3) is 0 Å². The molecular weight excluding hydrogens is 516 g/mol. The smallest absolute Gasteiger partial charge is 0.410 e. The van der Waals surface area contributed by atoms with Crippen LogP contribution in [0.5, 0.6) is 0 Å². The molecule has 10 nitrogen and oxygen atoms in total. The Bertz CT molecular complexity index is 1040. The Hall–Kier alpha value is -4.08. The molecule has 2 N–H and O–H groups in total. The quantitative estimate of drug-likeness (QED) is 0.509. The molecule has 0 saturated carbocycles. The zero-order valence-electron chi connectivity index (χ0n) is 23.0. The van der Waals surface area contributed by atoms with E-state index in [2.05, 4.69) is 0 Å². The Kier molecular flexibility index (Phi) is 11.4. The van der Waals surface area contributed by atoms with Crippen molar-refractivity contribution in [1.82, 2.24) is 9.80 Å². The lowest BCUT2D eigenvalue weighted by Crippen LogP contribution is -2.47. The number of carboxylic acids is 2. The molecule has 4 rings (SSSR count). The molecule has 2 saturated heterocycles. The first-order chi connectivity index (χ1) is 19.2. The highest BCUT2D eigenvalue weighted by Crippen LogP contribution is 2.24. The van der Waals surface area contributed by atoms with Gasteiger partial charge in [0.15, 0.2) is 0 Å². The average Bonchev–Trinajstić information content (AvgIpc) is 2.96. The van der Waals surface area contributed by atoms with E-state index < -0.39 is 36.0 Å². The summed E-state index contributed by atoms with van der Waals surface area (Å²) in [7, 11) is 0. The van der Waals surface area contributed by atoms with Crippen molar-refractivity contribution in [3.63, 3.8) is 0 Å². The number of amides is 2. The number of hydrogen-bond donors (Lipinski definition) is 2. The van der Waals surface area contributed by atoms with Crippen molar-refractivity contribution in [2.24, 2.45) is 11.8 Å². The zero-order chi connectivity index (χ0) is 29.1. The average molecular weight is 555 g/mol. The predicted octanol–water partition coefficient (Wildman–Crippen LogP) is 5.02. The van der Waals surface area contributed by atoms with Crippen LogP contribution in [0, 0.1) is 11.8 Å². The molecule has 216 valence electrons. The third kappa shape index (κ3) is 9.00. The Morgan fingerprint density at radius 1 is 0.650 bits per heavy atom. The van der Waals surface area contributed by atoms with Crippen molar-refractivity contribution < 1.29 is 38.9 Å². The Labute approximate surface area is 234 Å². The van der Waals surface area contributed by atoms with E-state index >= 15 is 0 Å². The number of carbonyl (C=O) groups excluding carboxylic acids is 2. The topological polar surface area (TPSA) is 134 Å². The van der Waals surface area contributed by atoms with E-state index in [4.69, 9.17) is 19.7 Å². The number of likely N-dealkylation sites (tertiary alicyclic amines) is 2. The van der Waals surface area contributed by atoms with Gasteiger partial charge in [-0.05, 0) is 50.7 Å². The number of carbonyl (C=O) groups is 4. The maximum Gasteiger partial charge on any atom is 0.410 e. The molecule has 2 aromatic carbocycles. The number of benzene rings is 2. The van der Waals surface area contributed by atoms with E-state index in [1.807, 2.05) is 74.5 Å². The molecular formula is C30H38N2O8. The van der Waals surface area contributed by atoms with E-state index in [0.717, 1.165) is 11.1 Å². The Morgan fingerprint density at radius 2 is 1.00 bits per heavy atom. The van der Waals surface area contributed by atoms with Crippen molar-refractivity contribution in [3.8, 4) is 0 Å². The molecule has 2 amide bonds. The summed E-state index contributed by atoms with van der Waals surface area (Å²) in [6, 6.07) is 18.9. The number of aliphatic carboxylic acids is 2. The summed E-state index contributed by atoms with van der Waals surface area (Å²) in [5, 5.41) is 18.1. The minimum atomic E-state index is -0.849. The van der Waals surface area contributed by atoms with Crippen molar-refractivity contribution in [2.75, 3.05) is 13.1 Å². The Balaban J connectivity index is 0.000000220. The fraction of sp³-hybridized carbons (Fsp3) is 0.467. The van der Waals surface area contributed by atoms with Crippen LogP contribution in [0.15, 0.2) is 60.7 Å². The van der Waals surface area contributed by atoms with Crippen LogP contribution in [0.1, 0.15) is 50.7 Å². The molecule has 2 aromatic rings. The summed E-state index contributed by atoms with van der Waals surface area (Å²) in [4.78, 5) is 49.2. The largest absolute Gasteiger partial charge is 0.481 e. The molecule has 0 aliphatic carbocycles. The molecule has 40 heavy (non-hydrogen) atoms. The van der Waals surface area contributed by atoms with Gasteiger partial charge < -0.3 is 29.5 Å². The molecule has 2 fully saturated rings. The second kappa shape index (κ2) is 14.9. The van der Waals surface area contributed by atoms with Gasteiger partial charge in [-0.25, -0.2) is 9.59 Å². The highest BCUT2D eigenvalue weighted by atomic mass is 16.6. The summed E-state index contributed by atoms with van der Waals surface area (Å²) in [5.74, 6) is -2.68. The molecule has 4 atom stereocenters. The lowest BCUT2D eigenvalue weighted by atomic mass is 9.94. The summed E-state index contributed by atoms with van der Waals surface area (Å²) >= 11 is 0. The molecule has 0 radical (unpaired) electrons. The van der Waals surface area contributed by atoms with Crippen LogP contribution in [-0.4, -0.2) is 69.3 Å². The molecule has 0 bridgehead atoms. The van der Waals surface area contributed by atoms with Crippen LogP contribution >= 0.6 is 0 Å². The number of ether oxygens (including phenoxy) is 2. The predicted molar refractivity (Wildman–Crippen MR) is 146 cm³/mol. The third-order valence-corrected chi connectivity index (χ3v) is 7.34. The fourth-order valence-corrected chi connectivity index (χ4v) is 4.73. The van der Waals surface area contributed by atoms with Gasteiger partial charge in [0.2, 0.25) is 0 Å². The molecule has 0 spiro atoms. The SMILES string of the molecule is C[C@@H]1CC[C@@H](C(=O)O)CN1C(=O)OCc1ccccc1.C[C@H]1CC[C@@H](C(=O)O)CN1C(=O)OCc1ccccc1. The van der Waals surface area contributed by atoms with E-state index in [-0.39, 0.29) is 38.4 Å². The van der Waals surface area contributed by atoms with E-state index in [9.17, 15) is 19.2 Å². The van der Waals surface area contributed by atoms with Crippen molar-refractivity contribution >= 4 is 24.1 Å². The van der Waals surface area contributed by atoms with E-state index in [0.29, 0.717) is 25.7 Å². The van der Waals surface area contributed by atoms with E-state index in [1.54, 1.807) is 0 Å². The number of piperidine rings is 2. The monoisotopic (exact) mass is 554 g/mol. The standard InChI is InChI=1S/2C15H19NO4/c2*1-11-7-8-13(14(17)18)9-16(11)15(19)20-10-12-5-3-2-4-6-12/h2*2-6,11,13H,7-10H2,1H3,(H,17,18)/t11-,13+;11-,13-/m01/s1. The molecule has 2 aliphatic rings. The number of nitrogens with zero attached hydrogens (tertiary/aromatic N) is 2. The lowest BCUT2D eigenvalue weighted by molar-refractivity contribution is -0.144. The van der Waals surface area contributed by atoms with Gasteiger partial charge >= 0.3 is 24.1 Å². The van der Waals surface area contributed by atoms with Crippen LogP contribution in [0.2, 0.25) is 0 Å². The number of hydrogen-bond acceptors (Lipinski definition) is 6. The van der Waals surface area contributed by atoms with Gasteiger partial charge in [-0.3, -0.25) is 9.59 Å². The number of carboxylic acid groups (broad SMARTS) is 2. The Morgan fingerprint density at radius 3 is 1.32 bits per heavy atom. The zero-order valence-corrected chi connectivity index (χ0v) is 23.0. The van der Waals surface area contributed by atoms with Crippen LogP contribution in [0.3, 0.4) is 0 Å². The maximum absolute atomic E-state index is 12.1. The highest BCUT2D eigenvalue weighted by molar-refractivity contribution is 5.74. The number of rotatable bonds is 6. The van der Waals surface area contributed by atoms with Crippen molar-refractivity contribution in [1.29, 1.82) is 0 Å². The first-order valence-corrected chi connectivity index (χ1v) is 13.6. The minimum Gasteiger partial charge on any atom is -0.481 e. The van der Waals surface area contributed by atoms with Gasteiger partial charge in [-0.1, -0.05) is 60.7 Å². The summed E-state index contributed by atoms with van der Waals surface area (Å²) in [5.41, 5.74) is 1.83. The van der Waals surface area contributed by atoms with Gasteiger partial charge in [0, 0.05) is 25.2 Å². The van der Waals surface area contributed by atoms with Crippen LogP contribution in [-0.2, 0) is 32.3 Å². The first-order valence-electron chi connectivity index (χ1n) is 13.6. The van der Waals surface area contributed by atoms with Gasteiger partial charge in [0.05, 0.1) is 11.8 Å². The summed E-state index contributed by atoms with van der Waals surface area (Å²) in [6.07, 6.45) is 1.73. The highest BCUT2D eigenvalue weighted by Gasteiger charge is 2.34. The summed E-state index contributed by atoms with van der Waals surface area (Å²) < 4.78 is 10.5. The molecule has 2 heterocycles.